The number of carboxylic acids is 1. The molecule has 2 rings (SSSR count). The molecule has 0 bridgehead atoms. The van der Waals surface area contributed by atoms with E-state index in [1.165, 1.54) is 24.2 Å². The smallest absolute Gasteiger partial charge is 0.323 e. The maximum Gasteiger partial charge on any atom is 0.323 e. The van der Waals surface area contributed by atoms with E-state index >= 15 is 0 Å². The summed E-state index contributed by atoms with van der Waals surface area (Å²) in [6, 6.07) is -0.142. The zero-order valence-corrected chi connectivity index (χ0v) is 9.56. The number of nitrogens with zero attached hydrogens (tertiary/aromatic N) is 2. The van der Waals surface area contributed by atoms with Gasteiger partial charge in [0.2, 0.25) is 0 Å². The van der Waals surface area contributed by atoms with Crippen LogP contribution >= 0.6 is 0 Å². The third-order valence-electron chi connectivity index (χ3n) is 3.70. The Morgan fingerprint density at radius 1 is 1.31 bits per heavy atom. The number of likely N-dealkylation sites (N-methyl/N-ethyl adjacent to an activating group) is 1. The highest BCUT2D eigenvalue weighted by Gasteiger charge is 2.38. The Morgan fingerprint density at radius 2 is 1.88 bits per heavy atom. The van der Waals surface area contributed by atoms with E-state index in [2.05, 4.69) is 0 Å². The fourth-order valence-electron chi connectivity index (χ4n) is 2.90. The van der Waals surface area contributed by atoms with Crippen LogP contribution in [-0.2, 0) is 4.79 Å². The van der Waals surface area contributed by atoms with Crippen LogP contribution in [0.2, 0.25) is 0 Å². The fraction of sp³-hybridized carbons (Fsp3) is 0.818. The highest BCUT2D eigenvalue weighted by Crippen LogP contribution is 2.37. The van der Waals surface area contributed by atoms with Gasteiger partial charge in [0.1, 0.15) is 6.54 Å². The van der Waals surface area contributed by atoms with Crippen molar-refractivity contribution in [2.75, 3.05) is 26.7 Å². The fourth-order valence-corrected chi connectivity index (χ4v) is 2.90. The SMILES string of the molecule is CN(CC(=O)O)C(=O)N1CC2CCCC2C1. The lowest BCUT2D eigenvalue weighted by molar-refractivity contribution is -0.137. The van der Waals surface area contributed by atoms with Gasteiger partial charge in [-0.1, -0.05) is 6.42 Å². The van der Waals surface area contributed by atoms with Crippen LogP contribution in [0, 0.1) is 11.8 Å². The van der Waals surface area contributed by atoms with Gasteiger partial charge < -0.3 is 14.9 Å². The maximum atomic E-state index is 11.9. The largest absolute Gasteiger partial charge is 0.480 e. The Bertz CT molecular complexity index is 294. The summed E-state index contributed by atoms with van der Waals surface area (Å²) in [6.45, 7) is 1.41. The van der Waals surface area contributed by atoms with Crippen molar-refractivity contribution in [2.45, 2.75) is 19.3 Å². The summed E-state index contributed by atoms with van der Waals surface area (Å²) < 4.78 is 0. The summed E-state index contributed by atoms with van der Waals surface area (Å²) in [5.74, 6) is 0.347. The quantitative estimate of drug-likeness (QED) is 0.759. The van der Waals surface area contributed by atoms with Crippen molar-refractivity contribution in [3.8, 4) is 0 Å². The number of fused-ring (bicyclic) bond motifs is 1. The monoisotopic (exact) mass is 226 g/mol. The van der Waals surface area contributed by atoms with E-state index in [-0.39, 0.29) is 12.6 Å². The van der Waals surface area contributed by atoms with Gasteiger partial charge in [0.15, 0.2) is 0 Å². The molecule has 0 aromatic heterocycles. The third kappa shape index (κ3) is 2.13. The number of urea groups is 1. The van der Waals surface area contributed by atoms with Crippen LogP contribution in [0.1, 0.15) is 19.3 Å². The van der Waals surface area contributed by atoms with Gasteiger partial charge in [-0.25, -0.2) is 4.79 Å². The van der Waals surface area contributed by atoms with E-state index in [0.717, 1.165) is 13.1 Å². The zero-order valence-electron chi connectivity index (χ0n) is 9.56. The van der Waals surface area contributed by atoms with Crippen molar-refractivity contribution >= 4 is 12.0 Å². The Morgan fingerprint density at radius 3 is 2.38 bits per heavy atom. The molecule has 5 heteroatoms. The molecular weight excluding hydrogens is 208 g/mol. The second-order valence-electron chi connectivity index (χ2n) is 4.89. The van der Waals surface area contributed by atoms with Gasteiger partial charge in [-0.3, -0.25) is 4.79 Å². The van der Waals surface area contributed by atoms with Crippen molar-refractivity contribution in [1.29, 1.82) is 0 Å². The molecule has 1 N–H and O–H groups in total. The number of hydrogen-bond acceptors (Lipinski definition) is 2. The highest BCUT2D eigenvalue weighted by atomic mass is 16.4. The summed E-state index contributed by atoms with van der Waals surface area (Å²) in [5, 5.41) is 8.62. The molecule has 1 heterocycles. The van der Waals surface area contributed by atoms with Crippen molar-refractivity contribution in [3.05, 3.63) is 0 Å². The van der Waals surface area contributed by atoms with Crippen molar-refractivity contribution in [3.63, 3.8) is 0 Å². The van der Waals surface area contributed by atoms with E-state index in [1.54, 1.807) is 11.9 Å². The molecule has 0 aromatic rings. The van der Waals surface area contributed by atoms with Crippen molar-refractivity contribution in [2.24, 2.45) is 11.8 Å². The van der Waals surface area contributed by atoms with Gasteiger partial charge in [-0.2, -0.15) is 0 Å². The average Bonchev–Trinajstić information content (AvgIpc) is 2.74. The Kier molecular flexibility index (Phi) is 3.03. The molecule has 2 atom stereocenters. The summed E-state index contributed by atoms with van der Waals surface area (Å²) >= 11 is 0. The number of rotatable bonds is 2. The minimum atomic E-state index is -0.963. The minimum absolute atomic E-state index is 0.142. The topological polar surface area (TPSA) is 60.9 Å². The second-order valence-corrected chi connectivity index (χ2v) is 4.89. The molecule has 2 fully saturated rings. The number of carboxylic acid groups (broad SMARTS) is 1. The van der Waals surface area contributed by atoms with Gasteiger partial charge in [-0.05, 0) is 24.7 Å². The second kappa shape index (κ2) is 4.31. The molecule has 2 aliphatic rings. The van der Waals surface area contributed by atoms with E-state index in [0.29, 0.717) is 11.8 Å². The lowest BCUT2D eigenvalue weighted by Gasteiger charge is -2.23. The lowest BCUT2D eigenvalue weighted by atomic mass is 10.0. The summed E-state index contributed by atoms with van der Waals surface area (Å²) in [5.41, 5.74) is 0. The molecule has 0 radical (unpaired) electrons. The van der Waals surface area contributed by atoms with E-state index in [9.17, 15) is 9.59 Å². The summed E-state index contributed by atoms with van der Waals surface area (Å²) in [7, 11) is 1.55. The van der Waals surface area contributed by atoms with Crippen LogP contribution in [0.5, 0.6) is 0 Å². The first-order valence-corrected chi connectivity index (χ1v) is 5.79. The van der Waals surface area contributed by atoms with E-state index < -0.39 is 5.97 Å². The van der Waals surface area contributed by atoms with Crippen LogP contribution in [0.25, 0.3) is 0 Å². The maximum absolute atomic E-state index is 11.9. The van der Waals surface area contributed by atoms with Crippen LogP contribution in [-0.4, -0.2) is 53.6 Å². The number of likely N-dealkylation sites (tertiary alicyclic amines) is 1. The molecule has 0 aromatic carbocycles. The normalized spacial score (nSPS) is 27.9. The van der Waals surface area contributed by atoms with Gasteiger partial charge in [0.05, 0.1) is 0 Å². The minimum Gasteiger partial charge on any atom is -0.480 e. The summed E-state index contributed by atoms with van der Waals surface area (Å²) in [6.07, 6.45) is 3.72. The molecule has 2 amide bonds. The number of hydrogen-bond donors (Lipinski definition) is 1. The molecule has 16 heavy (non-hydrogen) atoms. The number of amides is 2. The van der Waals surface area contributed by atoms with Crippen LogP contribution in [0.3, 0.4) is 0 Å². The van der Waals surface area contributed by atoms with Crippen molar-refractivity contribution in [1.82, 2.24) is 9.80 Å². The average molecular weight is 226 g/mol. The van der Waals surface area contributed by atoms with Gasteiger partial charge in [0.25, 0.3) is 0 Å². The first-order chi connectivity index (χ1) is 7.58. The Labute approximate surface area is 95.0 Å². The molecule has 1 saturated heterocycles. The summed E-state index contributed by atoms with van der Waals surface area (Å²) in [4.78, 5) is 25.5. The van der Waals surface area contributed by atoms with E-state index in [1.807, 2.05) is 0 Å². The van der Waals surface area contributed by atoms with Crippen molar-refractivity contribution < 1.29 is 14.7 Å². The molecule has 90 valence electrons. The highest BCUT2D eigenvalue weighted by molar-refractivity contribution is 5.80. The Balaban J connectivity index is 1.89. The lowest BCUT2D eigenvalue weighted by Crippen LogP contribution is -2.42. The predicted molar refractivity (Wildman–Crippen MR) is 58.1 cm³/mol. The van der Waals surface area contributed by atoms with E-state index in [4.69, 9.17) is 5.11 Å². The number of carbonyl (C=O) groups excluding carboxylic acids is 1. The molecule has 1 aliphatic heterocycles. The third-order valence-corrected chi connectivity index (χ3v) is 3.70. The number of aliphatic carboxylic acids is 1. The number of carbonyl (C=O) groups is 2. The van der Waals surface area contributed by atoms with Gasteiger partial charge in [-0.15, -0.1) is 0 Å². The molecule has 1 aliphatic carbocycles. The molecule has 2 unspecified atom stereocenters. The van der Waals surface area contributed by atoms with Crippen LogP contribution in [0.15, 0.2) is 0 Å². The van der Waals surface area contributed by atoms with Gasteiger partial charge in [0, 0.05) is 20.1 Å². The zero-order chi connectivity index (χ0) is 11.7. The van der Waals surface area contributed by atoms with Crippen LogP contribution < -0.4 is 0 Å². The first kappa shape index (κ1) is 11.2. The molecule has 1 saturated carbocycles. The molecule has 0 spiro atoms. The first-order valence-electron chi connectivity index (χ1n) is 5.79. The molecular formula is C11H18N2O3. The van der Waals surface area contributed by atoms with Gasteiger partial charge >= 0.3 is 12.0 Å². The molecule has 5 nitrogen and oxygen atoms in total. The standard InChI is InChI=1S/C11H18N2O3/c1-12(7-10(14)15)11(16)13-5-8-3-2-4-9(8)6-13/h8-9H,2-7H2,1H3,(H,14,15). The van der Waals surface area contributed by atoms with Crippen LogP contribution in [0.4, 0.5) is 4.79 Å². The Hall–Kier alpha value is -1.26. The predicted octanol–water partition coefficient (Wildman–Crippen LogP) is 0.855.